The molecule has 3 N–H and O–H groups in total. The Morgan fingerprint density at radius 3 is 2.72 bits per heavy atom. The summed E-state index contributed by atoms with van der Waals surface area (Å²) in [6, 6.07) is 0.0606. The summed E-state index contributed by atoms with van der Waals surface area (Å²) in [4.78, 5) is 24.2. The number of carbonyl (C=O) groups is 2. The second kappa shape index (κ2) is 5.56. The fourth-order valence-electron chi connectivity index (χ4n) is 3.03. The van der Waals surface area contributed by atoms with Crippen LogP contribution in [-0.4, -0.2) is 52.3 Å². The van der Waals surface area contributed by atoms with Gasteiger partial charge in [0.1, 0.15) is 0 Å². The van der Waals surface area contributed by atoms with Gasteiger partial charge in [0.2, 0.25) is 0 Å². The van der Waals surface area contributed by atoms with E-state index in [1.807, 2.05) is 0 Å². The highest BCUT2D eigenvalue weighted by molar-refractivity contribution is 5.77. The first-order valence-corrected chi connectivity index (χ1v) is 6.55. The highest BCUT2D eigenvalue weighted by atomic mass is 16.4. The van der Waals surface area contributed by atoms with Gasteiger partial charge in [-0.25, -0.2) is 9.59 Å². The zero-order chi connectivity index (χ0) is 13.1. The zero-order valence-electron chi connectivity index (χ0n) is 10.3. The lowest BCUT2D eigenvalue weighted by Gasteiger charge is -2.31. The van der Waals surface area contributed by atoms with Crippen LogP contribution in [0.2, 0.25) is 0 Å². The number of carbonyl (C=O) groups excluding carboxylic acids is 1. The number of urea groups is 1. The molecule has 0 spiro atoms. The molecular formula is C12H20N2O4. The van der Waals surface area contributed by atoms with Gasteiger partial charge >= 0.3 is 12.0 Å². The molecule has 0 bridgehead atoms. The van der Waals surface area contributed by atoms with E-state index < -0.39 is 12.1 Å². The molecule has 2 fully saturated rings. The molecule has 102 valence electrons. The summed E-state index contributed by atoms with van der Waals surface area (Å²) in [6.07, 6.45) is 4.14. The summed E-state index contributed by atoms with van der Waals surface area (Å²) in [7, 11) is 0. The minimum absolute atomic E-state index is 0.234. The molecule has 6 heteroatoms. The Hall–Kier alpha value is -1.30. The average Bonchev–Trinajstić information content (AvgIpc) is 2.79. The standard InChI is InChI=1S/C12H20N2O4/c15-10(11(16)17)7-13-12(18)14-6-5-8-3-1-2-4-9(8)14/h8-10,15H,1-7H2,(H,13,18)(H,16,17). The summed E-state index contributed by atoms with van der Waals surface area (Å²) in [5.41, 5.74) is 0. The number of rotatable bonds is 3. The van der Waals surface area contributed by atoms with Crippen molar-refractivity contribution < 1.29 is 19.8 Å². The molecule has 0 aromatic carbocycles. The van der Waals surface area contributed by atoms with E-state index in [0.717, 1.165) is 25.8 Å². The number of fused-ring (bicyclic) bond motifs is 1. The summed E-state index contributed by atoms with van der Waals surface area (Å²) in [5.74, 6) is -0.707. The van der Waals surface area contributed by atoms with Crippen LogP contribution in [0.3, 0.4) is 0 Å². The fraction of sp³-hybridized carbons (Fsp3) is 0.833. The number of amides is 2. The molecule has 0 aromatic rings. The van der Waals surface area contributed by atoms with Crippen molar-refractivity contribution in [1.82, 2.24) is 10.2 Å². The van der Waals surface area contributed by atoms with E-state index in [4.69, 9.17) is 10.2 Å². The Morgan fingerprint density at radius 1 is 1.28 bits per heavy atom. The number of hydrogen-bond acceptors (Lipinski definition) is 3. The molecule has 1 aliphatic carbocycles. The van der Waals surface area contributed by atoms with Crippen LogP contribution in [0.1, 0.15) is 32.1 Å². The second-order valence-electron chi connectivity index (χ2n) is 5.13. The fourth-order valence-corrected chi connectivity index (χ4v) is 3.03. The Kier molecular flexibility index (Phi) is 4.06. The summed E-state index contributed by atoms with van der Waals surface area (Å²) >= 11 is 0. The number of hydrogen-bond donors (Lipinski definition) is 3. The maximum absolute atomic E-state index is 11.9. The molecule has 1 heterocycles. The quantitative estimate of drug-likeness (QED) is 0.682. The first-order valence-electron chi connectivity index (χ1n) is 6.55. The van der Waals surface area contributed by atoms with Crippen LogP contribution < -0.4 is 5.32 Å². The first-order chi connectivity index (χ1) is 8.59. The van der Waals surface area contributed by atoms with Crippen molar-refractivity contribution in [2.45, 2.75) is 44.2 Å². The third kappa shape index (κ3) is 2.75. The summed E-state index contributed by atoms with van der Waals surface area (Å²) < 4.78 is 0. The number of aliphatic carboxylic acids is 1. The topological polar surface area (TPSA) is 89.9 Å². The van der Waals surface area contributed by atoms with E-state index in [2.05, 4.69) is 5.32 Å². The first kappa shape index (κ1) is 13.1. The molecule has 18 heavy (non-hydrogen) atoms. The van der Waals surface area contributed by atoms with Gasteiger partial charge in [-0.1, -0.05) is 12.8 Å². The monoisotopic (exact) mass is 256 g/mol. The molecular weight excluding hydrogens is 236 g/mol. The van der Waals surface area contributed by atoms with E-state index in [-0.39, 0.29) is 12.6 Å². The highest BCUT2D eigenvalue weighted by Crippen LogP contribution is 2.35. The minimum Gasteiger partial charge on any atom is -0.479 e. The number of aliphatic hydroxyl groups excluding tert-OH is 1. The van der Waals surface area contributed by atoms with Crippen molar-refractivity contribution in [1.29, 1.82) is 0 Å². The lowest BCUT2D eigenvalue weighted by atomic mass is 9.85. The van der Waals surface area contributed by atoms with Gasteiger partial charge in [0.05, 0.1) is 6.54 Å². The summed E-state index contributed by atoms with van der Waals surface area (Å²) in [5, 5.41) is 20.1. The molecule has 1 saturated carbocycles. The molecule has 2 amide bonds. The van der Waals surface area contributed by atoms with Gasteiger partial charge in [-0.05, 0) is 25.2 Å². The van der Waals surface area contributed by atoms with Gasteiger partial charge in [0.25, 0.3) is 0 Å². The second-order valence-corrected chi connectivity index (χ2v) is 5.13. The molecule has 2 rings (SSSR count). The predicted octanol–water partition coefficient (Wildman–Crippen LogP) is 0.406. The third-order valence-corrected chi connectivity index (χ3v) is 4.00. The Labute approximate surface area is 106 Å². The van der Waals surface area contributed by atoms with Crippen molar-refractivity contribution in [2.24, 2.45) is 5.92 Å². The highest BCUT2D eigenvalue weighted by Gasteiger charge is 2.38. The van der Waals surface area contributed by atoms with Crippen LogP contribution in [-0.2, 0) is 4.79 Å². The van der Waals surface area contributed by atoms with Crippen molar-refractivity contribution in [3.63, 3.8) is 0 Å². The Balaban J connectivity index is 1.84. The molecule has 0 aromatic heterocycles. The lowest BCUT2D eigenvalue weighted by molar-refractivity contribution is -0.146. The third-order valence-electron chi connectivity index (χ3n) is 4.00. The zero-order valence-corrected chi connectivity index (χ0v) is 10.3. The maximum Gasteiger partial charge on any atom is 0.334 e. The predicted molar refractivity (Wildman–Crippen MR) is 64.1 cm³/mol. The maximum atomic E-state index is 11.9. The smallest absolute Gasteiger partial charge is 0.334 e. The van der Waals surface area contributed by atoms with Gasteiger partial charge < -0.3 is 20.4 Å². The minimum atomic E-state index is -1.53. The van der Waals surface area contributed by atoms with Crippen LogP contribution in [0, 0.1) is 5.92 Å². The largest absolute Gasteiger partial charge is 0.479 e. The number of likely N-dealkylation sites (tertiary alicyclic amines) is 1. The Bertz CT molecular complexity index is 334. The van der Waals surface area contributed by atoms with Crippen LogP contribution >= 0.6 is 0 Å². The van der Waals surface area contributed by atoms with Crippen LogP contribution in [0.15, 0.2) is 0 Å². The van der Waals surface area contributed by atoms with Crippen LogP contribution in [0.25, 0.3) is 0 Å². The van der Waals surface area contributed by atoms with Crippen LogP contribution in [0.4, 0.5) is 4.79 Å². The molecule has 3 atom stereocenters. The van der Waals surface area contributed by atoms with E-state index in [9.17, 15) is 9.59 Å². The molecule has 0 radical (unpaired) electrons. The van der Waals surface area contributed by atoms with Crippen molar-refractivity contribution in [2.75, 3.05) is 13.1 Å². The van der Waals surface area contributed by atoms with Crippen LogP contribution in [0.5, 0.6) is 0 Å². The SMILES string of the molecule is O=C(O)C(O)CNC(=O)N1CCC2CCCCC21. The Morgan fingerprint density at radius 2 is 2.00 bits per heavy atom. The van der Waals surface area contributed by atoms with E-state index in [1.54, 1.807) is 4.90 Å². The normalized spacial score (nSPS) is 28.6. The van der Waals surface area contributed by atoms with Gasteiger partial charge in [0, 0.05) is 12.6 Å². The molecule has 3 unspecified atom stereocenters. The number of aliphatic hydroxyl groups is 1. The number of nitrogens with zero attached hydrogens (tertiary/aromatic N) is 1. The molecule has 6 nitrogen and oxygen atoms in total. The van der Waals surface area contributed by atoms with E-state index in [0.29, 0.717) is 12.0 Å². The lowest BCUT2D eigenvalue weighted by Crippen LogP contribution is -2.47. The average molecular weight is 256 g/mol. The van der Waals surface area contributed by atoms with Gasteiger partial charge in [-0.15, -0.1) is 0 Å². The van der Waals surface area contributed by atoms with Gasteiger partial charge in [-0.3, -0.25) is 0 Å². The van der Waals surface area contributed by atoms with E-state index >= 15 is 0 Å². The van der Waals surface area contributed by atoms with E-state index in [1.165, 1.54) is 12.8 Å². The number of carboxylic acid groups (broad SMARTS) is 1. The molecule has 1 aliphatic heterocycles. The number of nitrogens with one attached hydrogen (secondary N) is 1. The van der Waals surface area contributed by atoms with Gasteiger partial charge in [0.15, 0.2) is 6.10 Å². The van der Waals surface area contributed by atoms with Crippen molar-refractivity contribution in [3.8, 4) is 0 Å². The van der Waals surface area contributed by atoms with Crippen molar-refractivity contribution >= 4 is 12.0 Å². The van der Waals surface area contributed by atoms with Crippen molar-refractivity contribution in [3.05, 3.63) is 0 Å². The molecule has 2 aliphatic rings. The molecule has 1 saturated heterocycles. The number of carboxylic acids is 1. The van der Waals surface area contributed by atoms with Gasteiger partial charge in [-0.2, -0.15) is 0 Å². The summed E-state index contributed by atoms with van der Waals surface area (Å²) in [6.45, 7) is 0.506.